The van der Waals surface area contributed by atoms with Gasteiger partial charge in [0, 0.05) is 11.5 Å². The van der Waals surface area contributed by atoms with Crippen molar-refractivity contribution in [2.24, 2.45) is 0 Å². The van der Waals surface area contributed by atoms with Crippen molar-refractivity contribution in [3.05, 3.63) is 113 Å². The summed E-state index contributed by atoms with van der Waals surface area (Å²) in [5.41, 5.74) is 9.48. The first-order valence-corrected chi connectivity index (χ1v) is 9.43. The Balaban J connectivity index is 1.76. The normalized spacial score (nSPS) is 14.5. The number of rotatable bonds is 1. The van der Waals surface area contributed by atoms with E-state index in [9.17, 15) is 0 Å². The van der Waals surface area contributed by atoms with E-state index >= 15 is 0 Å². The van der Waals surface area contributed by atoms with Gasteiger partial charge >= 0.3 is 0 Å². The molecule has 1 nitrogen and oxygen atoms in total. The number of ether oxygens (including phenoxy) is 1. The number of hydrogen-bond acceptors (Lipinski definition) is 1. The van der Waals surface area contributed by atoms with Gasteiger partial charge in [-0.15, -0.1) is 0 Å². The molecule has 0 amide bonds. The highest BCUT2D eigenvalue weighted by molar-refractivity contribution is 5.93. The molecule has 4 aromatic carbocycles. The maximum Gasteiger partial charge on any atom is 0.113 e. The van der Waals surface area contributed by atoms with E-state index in [-0.39, 0.29) is 5.92 Å². The van der Waals surface area contributed by atoms with Crippen molar-refractivity contribution in [1.82, 2.24) is 0 Å². The number of hydrogen-bond donors (Lipinski definition) is 0. The predicted molar refractivity (Wildman–Crippen MR) is 111 cm³/mol. The van der Waals surface area contributed by atoms with Gasteiger partial charge in [-0.3, -0.25) is 0 Å². The molecule has 0 unspecified atom stereocenters. The van der Waals surface area contributed by atoms with Crippen LogP contribution in [0.4, 0.5) is 0 Å². The van der Waals surface area contributed by atoms with E-state index in [4.69, 9.17) is 4.74 Å². The summed E-state index contributed by atoms with van der Waals surface area (Å²) >= 11 is 0. The third-order valence-corrected chi connectivity index (χ3v) is 5.93. The molecule has 0 spiro atoms. The molecule has 1 aliphatic carbocycles. The minimum absolute atomic E-state index is 0.243. The topological polar surface area (TPSA) is 9.23 Å². The Hall–Kier alpha value is -3.32. The number of benzene rings is 4. The summed E-state index contributed by atoms with van der Waals surface area (Å²) in [6.07, 6.45) is 3.92. The van der Waals surface area contributed by atoms with Gasteiger partial charge in [0.05, 0.1) is 6.26 Å². The van der Waals surface area contributed by atoms with Crippen LogP contribution in [0, 0.1) is 0 Å². The third kappa shape index (κ3) is 2.06. The fraction of sp³-hybridized carbons (Fsp3) is 0.0769. The second-order valence-electron chi connectivity index (χ2n) is 7.30. The maximum atomic E-state index is 5.74. The van der Waals surface area contributed by atoms with Gasteiger partial charge in [0.25, 0.3) is 0 Å². The minimum atomic E-state index is 0.243. The molecule has 4 aromatic rings. The Labute approximate surface area is 158 Å². The lowest BCUT2D eigenvalue weighted by Crippen LogP contribution is -2.09. The second-order valence-corrected chi connectivity index (χ2v) is 7.30. The van der Waals surface area contributed by atoms with Gasteiger partial charge in [-0.2, -0.15) is 0 Å². The van der Waals surface area contributed by atoms with Gasteiger partial charge in [-0.1, -0.05) is 72.8 Å². The summed E-state index contributed by atoms with van der Waals surface area (Å²) in [5, 5.41) is 2.62. The fourth-order valence-corrected chi connectivity index (χ4v) is 4.80. The molecule has 0 saturated carbocycles. The molecule has 2 aliphatic rings. The molecule has 0 aromatic heterocycles. The summed E-state index contributed by atoms with van der Waals surface area (Å²) in [6.45, 7) is 0.632. The highest BCUT2D eigenvalue weighted by Gasteiger charge is 2.33. The van der Waals surface area contributed by atoms with Crippen LogP contribution < -0.4 is 0 Å². The number of fused-ring (bicyclic) bond motifs is 5. The molecule has 6 rings (SSSR count). The molecule has 27 heavy (non-hydrogen) atoms. The van der Waals surface area contributed by atoms with Gasteiger partial charge in [0.1, 0.15) is 6.61 Å². The zero-order chi connectivity index (χ0) is 17.8. The summed E-state index contributed by atoms with van der Waals surface area (Å²) in [6, 6.07) is 28.7. The van der Waals surface area contributed by atoms with Gasteiger partial charge in [0.15, 0.2) is 0 Å². The van der Waals surface area contributed by atoms with E-state index in [0.717, 1.165) is 0 Å². The fourth-order valence-electron chi connectivity index (χ4n) is 4.80. The summed E-state index contributed by atoms with van der Waals surface area (Å²) in [5.74, 6) is 0.243. The lowest BCUT2D eigenvalue weighted by molar-refractivity contribution is 0.233. The van der Waals surface area contributed by atoms with E-state index in [1.807, 2.05) is 6.26 Å². The summed E-state index contributed by atoms with van der Waals surface area (Å²) in [7, 11) is 0. The third-order valence-electron chi connectivity index (χ3n) is 5.93. The molecule has 1 heteroatoms. The lowest BCUT2D eigenvalue weighted by atomic mass is 9.81. The monoisotopic (exact) mass is 346 g/mol. The van der Waals surface area contributed by atoms with Crippen molar-refractivity contribution in [3.63, 3.8) is 0 Å². The molecular weight excluding hydrogens is 328 g/mol. The maximum absolute atomic E-state index is 5.74. The van der Waals surface area contributed by atoms with E-state index in [1.165, 1.54) is 49.7 Å². The Kier molecular flexibility index (Phi) is 3.06. The van der Waals surface area contributed by atoms with Crippen LogP contribution in [0.25, 0.3) is 28.0 Å². The Morgan fingerprint density at radius 2 is 1.41 bits per heavy atom. The zero-order valence-corrected chi connectivity index (χ0v) is 14.9. The SMILES string of the molecule is C1=Cc2cc3ccccc3c(C3c4ccccc4-c4ccccc43)c2CO1. The van der Waals surface area contributed by atoms with Gasteiger partial charge < -0.3 is 4.74 Å². The van der Waals surface area contributed by atoms with Crippen LogP contribution in [0.15, 0.2) is 85.1 Å². The van der Waals surface area contributed by atoms with Crippen LogP contribution in [0.2, 0.25) is 0 Å². The lowest BCUT2D eigenvalue weighted by Gasteiger charge is -2.24. The predicted octanol–water partition coefficient (Wildman–Crippen LogP) is 6.50. The van der Waals surface area contributed by atoms with Crippen molar-refractivity contribution >= 4 is 16.8 Å². The van der Waals surface area contributed by atoms with Crippen LogP contribution in [0.3, 0.4) is 0 Å². The average Bonchev–Trinajstić information content (AvgIpc) is 3.06. The quantitative estimate of drug-likeness (QED) is 0.336. The minimum Gasteiger partial charge on any atom is -0.496 e. The van der Waals surface area contributed by atoms with Gasteiger partial charge in [-0.25, -0.2) is 0 Å². The molecule has 0 fully saturated rings. The highest BCUT2D eigenvalue weighted by Crippen LogP contribution is 2.50. The Morgan fingerprint density at radius 1 is 0.741 bits per heavy atom. The van der Waals surface area contributed by atoms with Crippen molar-refractivity contribution in [2.45, 2.75) is 12.5 Å². The van der Waals surface area contributed by atoms with Crippen molar-refractivity contribution < 1.29 is 4.74 Å². The van der Waals surface area contributed by atoms with Crippen LogP contribution in [-0.2, 0) is 11.3 Å². The van der Waals surface area contributed by atoms with Crippen molar-refractivity contribution in [3.8, 4) is 11.1 Å². The highest BCUT2D eigenvalue weighted by atomic mass is 16.5. The van der Waals surface area contributed by atoms with E-state index in [2.05, 4.69) is 84.9 Å². The molecule has 128 valence electrons. The van der Waals surface area contributed by atoms with Crippen LogP contribution in [0.5, 0.6) is 0 Å². The molecule has 1 heterocycles. The zero-order valence-electron chi connectivity index (χ0n) is 14.9. The largest absolute Gasteiger partial charge is 0.496 e. The summed E-state index contributed by atoms with van der Waals surface area (Å²) < 4.78 is 5.74. The standard InChI is InChI=1S/C26H18O/c1-2-8-19-17(7-1)15-18-13-14-27-16-24(18)25(19)26-22-11-5-3-9-20(22)21-10-4-6-12-23(21)26/h1-15,26H,16H2. The second kappa shape index (κ2) is 5.59. The van der Waals surface area contributed by atoms with E-state index < -0.39 is 0 Å². The first-order chi connectivity index (χ1) is 13.4. The molecule has 0 N–H and O–H groups in total. The molecule has 0 bridgehead atoms. The first-order valence-electron chi connectivity index (χ1n) is 9.43. The van der Waals surface area contributed by atoms with Crippen molar-refractivity contribution in [2.75, 3.05) is 0 Å². The summed E-state index contributed by atoms with van der Waals surface area (Å²) in [4.78, 5) is 0. The van der Waals surface area contributed by atoms with E-state index in [1.54, 1.807) is 0 Å². The first kappa shape index (κ1) is 14.8. The molecule has 0 saturated heterocycles. The average molecular weight is 346 g/mol. The van der Waals surface area contributed by atoms with Crippen molar-refractivity contribution in [1.29, 1.82) is 0 Å². The van der Waals surface area contributed by atoms with Crippen LogP contribution >= 0.6 is 0 Å². The molecular formula is C26H18O. The molecule has 0 radical (unpaired) electrons. The molecule has 0 atom stereocenters. The van der Waals surface area contributed by atoms with Crippen LogP contribution in [0.1, 0.15) is 33.7 Å². The molecule has 1 aliphatic heterocycles. The van der Waals surface area contributed by atoms with E-state index in [0.29, 0.717) is 6.61 Å². The smallest absolute Gasteiger partial charge is 0.113 e. The Morgan fingerprint density at radius 3 is 2.19 bits per heavy atom. The van der Waals surface area contributed by atoms with Gasteiger partial charge in [0.2, 0.25) is 0 Å². The van der Waals surface area contributed by atoms with Crippen LogP contribution in [-0.4, -0.2) is 0 Å². The van der Waals surface area contributed by atoms with Gasteiger partial charge in [-0.05, 0) is 56.3 Å². The Bertz CT molecular complexity index is 1190.